The number of carboxylic acid groups (broad SMARTS) is 1. The molecule has 0 unspecified atom stereocenters. The van der Waals surface area contributed by atoms with Gasteiger partial charge in [-0.05, 0) is 30.7 Å². The van der Waals surface area contributed by atoms with E-state index in [1.165, 1.54) is 0 Å². The predicted molar refractivity (Wildman–Crippen MR) is 65.4 cm³/mol. The maximum Gasteiger partial charge on any atom is 0.365 e. The number of carboxylic acids is 1. The monoisotopic (exact) mass is 263 g/mol. The Balaban J connectivity index is 2.07. The fourth-order valence-corrected chi connectivity index (χ4v) is 2.69. The first kappa shape index (κ1) is 11.0. The van der Waals surface area contributed by atoms with Crippen molar-refractivity contribution in [3.8, 4) is 21.9 Å². The molecule has 1 aliphatic heterocycles. The molecule has 1 aromatic carbocycles. The van der Waals surface area contributed by atoms with E-state index >= 15 is 0 Å². The van der Waals surface area contributed by atoms with Crippen LogP contribution in [0.15, 0.2) is 18.2 Å². The van der Waals surface area contributed by atoms with Crippen LogP contribution < -0.4 is 9.47 Å². The molecule has 18 heavy (non-hydrogen) atoms. The van der Waals surface area contributed by atoms with Crippen LogP contribution in [0.2, 0.25) is 0 Å². The van der Waals surface area contributed by atoms with E-state index in [4.69, 9.17) is 14.6 Å². The minimum Gasteiger partial charge on any atom is -0.476 e. The summed E-state index contributed by atoms with van der Waals surface area (Å²) in [7, 11) is 0. The number of fused-ring (bicyclic) bond motifs is 1. The Bertz CT molecular complexity index is 635. The van der Waals surface area contributed by atoms with Crippen molar-refractivity contribution < 1.29 is 19.4 Å². The van der Waals surface area contributed by atoms with Crippen LogP contribution >= 0.6 is 11.3 Å². The van der Waals surface area contributed by atoms with Gasteiger partial charge in [-0.2, -0.15) is 0 Å². The summed E-state index contributed by atoms with van der Waals surface area (Å²) >= 11 is 1.16. The molecule has 6 heteroatoms. The van der Waals surface area contributed by atoms with Gasteiger partial charge in [-0.3, -0.25) is 0 Å². The fraction of sp³-hybridized carbons (Fsp3) is 0.167. The van der Waals surface area contributed by atoms with Gasteiger partial charge in [0.25, 0.3) is 0 Å². The summed E-state index contributed by atoms with van der Waals surface area (Å²) < 4.78 is 10.5. The molecule has 5 nitrogen and oxygen atoms in total. The Morgan fingerprint density at radius 1 is 1.39 bits per heavy atom. The predicted octanol–water partition coefficient (Wildman–Crippen LogP) is 2.55. The lowest BCUT2D eigenvalue weighted by Gasteiger charge is -2.00. The van der Waals surface area contributed by atoms with E-state index in [0.717, 1.165) is 21.8 Å². The third-order valence-electron chi connectivity index (χ3n) is 2.61. The van der Waals surface area contributed by atoms with Gasteiger partial charge in [0.2, 0.25) is 11.8 Å². The average molecular weight is 263 g/mol. The van der Waals surface area contributed by atoms with Gasteiger partial charge >= 0.3 is 5.97 Å². The van der Waals surface area contributed by atoms with Crippen LogP contribution in [-0.4, -0.2) is 22.9 Å². The number of nitrogens with zero attached hydrogens (tertiary/aromatic N) is 1. The Morgan fingerprint density at radius 3 is 2.89 bits per heavy atom. The number of hydrogen-bond acceptors (Lipinski definition) is 5. The Hall–Kier alpha value is -2.08. The number of thiazole rings is 1. The lowest BCUT2D eigenvalue weighted by Crippen LogP contribution is -1.93. The second-order valence-corrected chi connectivity index (χ2v) is 4.81. The number of aromatic carboxylic acids is 1. The molecule has 0 aliphatic carbocycles. The van der Waals surface area contributed by atoms with E-state index in [1.54, 1.807) is 6.92 Å². The average Bonchev–Trinajstić information content (AvgIpc) is 2.93. The largest absolute Gasteiger partial charge is 0.476 e. The fourth-order valence-electron chi connectivity index (χ4n) is 1.79. The van der Waals surface area contributed by atoms with Gasteiger partial charge in [0, 0.05) is 0 Å². The molecule has 1 aliphatic rings. The molecular weight excluding hydrogens is 254 g/mol. The van der Waals surface area contributed by atoms with Crippen LogP contribution in [0.4, 0.5) is 0 Å². The number of aromatic nitrogens is 1. The smallest absolute Gasteiger partial charge is 0.365 e. The van der Waals surface area contributed by atoms with E-state index < -0.39 is 5.97 Å². The zero-order valence-electron chi connectivity index (χ0n) is 9.47. The van der Waals surface area contributed by atoms with Gasteiger partial charge < -0.3 is 14.6 Å². The van der Waals surface area contributed by atoms with Gasteiger partial charge in [0.15, 0.2) is 11.5 Å². The van der Waals surface area contributed by atoms with E-state index in [2.05, 4.69) is 4.98 Å². The maximum absolute atomic E-state index is 10.9. The highest BCUT2D eigenvalue weighted by molar-refractivity contribution is 7.17. The van der Waals surface area contributed by atoms with E-state index in [0.29, 0.717) is 17.2 Å². The lowest BCUT2D eigenvalue weighted by molar-refractivity contribution is 0.0696. The topological polar surface area (TPSA) is 68.7 Å². The Labute approximate surface area is 107 Å². The van der Waals surface area contributed by atoms with Crippen LogP contribution in [-0.2, 0) is 0 Å². The first-order chi connectivity index (χ1) is 8.65. The highest BCUT2D eigenvalue weighted by atomic mass is 32.1. The Kier molecular flexibility index (Phi) is 2.45. The van der Waals surface area contributed by atoms with Gasteiger partial charge in [-0.15, -0.1) is 11.3 Å². The minimum absolute atomic E-state index is 0.0974. The molecule has 0 atom stereocenters. The molecule has 0 bridgehead atoms. The molecule has 0 saturated carbocycles. The van der Waals surface area contributed by atoms with Crippen molar-refractivity contribution in [3.05, 3.63) is 28.9 Å². The lowest BCUT2D eigenvalue weighted by atomic mass is 10.1. The zero-order chi connectivity index (χ0) is 12.7. The van der Waals surface area contributed by atoms with E-state index in [1.807, 2.05) is 18.2 Å². The van der Waals surface area contributed by atoms with Crippen LogP contribution in [0.1, 0.15) is 15.5 Å². The third kappa shape index (κ3) is 1.70. The number of rotatable bonds is 2. The SMILES string of the molecule is Cc1nc(C(=O)O)sc1-c1ccc2c(c1)OCO2. The molecule has 2 heterocycles. The first-order valence-electron chi connectivity index (χ1n) is 5.26. The summed E-state index contributed by atoms with van der Waals surface area (Å²) in [6.45, 7) is 2.02. The summed E-state index contributed by atoms with van der Waals surface area (Å²) in [6, 6.07) is 5.53. The molecule has 0 saturated heterocycles. The van der Waals surface area contributed by atoms with Crippen molar-refractivity contribution in [2.24, 2.45) is 0 Å². The first-order valence-corrected chi connectivity index (χ1v) is 6.07. The van der Waals surface area contributed by atoms with Crippen molar-refractivity contribution in [2.75, 3.05) is 6.79 Å². The number of benzene rings is 1. The van der Waals surface area contributed by atoms with Crippen molar-refractivity contribution in [3.63, 3.8) is 0 Å². The van der Waals surface area contributed by atoms with Crippen molar-refractivity contribution >= 4 is 17.3 Å². The molecule has 0 spiro atoms. The second-order valence-electron chi connectivity index (χ2n) is 3.81. The summed E-state index contributed by atoms with van der Waals surface area (Å²) in [4.78, 5) is 15.8. The molecule has 0 amide bonds. The highest BCUT2D eigenvalue weighted by Crippen LogP contribution is 2.38. The van der Waals surface area contributed by atoms with Gasteiger partial charge in [0.05, 0.1) is 10.6 Å². The van der Waals surface area contributed by atoms with E-state index in [-0.39, 0.29) is 11.8 Å². The van der Waals surface area contributed by atoms with Crippen molar-refractivity contribution in [1.82, 2.24) is 4.98 Å². The van der Waals surface area contributed by atoms with Crippen molar-refractivity contribution in [1.29, 1.82) is 0 Å². The van der Waals surface area contributed by atoms with Crippen LogP contribution in [0.25, 0.3) is 10.4 Å². The quantitative estimate of drug-likeness (QED) is 0.901. The molecular formula is C12H9NO4S. The van der Waals surface area contributed by atoms with Crippen LogP contribution in [0, 0.1) is 6.92 Å². The zero-order valence-corrected chi connectivity index (χ0v) is 10.3. The molecule has 0 radical (unpaired) electrons. The summed E-state index contributed by atoms with van der Waals surface area (Å²) in [5, 5.41) is 9.02. The maximum atomic E-state index is 10.9. The van der Waals surface area contributed by atoms with Crippen LogP contribution in [0.3, 0.4) is 0 Å². The molecule has 92 valence electrons. The molecule has 2 aromatic rings. The number of aryl methyl sites for hydroxylation is 1. The van der Waals surface area contributed by atoms with Gasteiger partial charge in [0.1, 0.15) is 0 Å². The van der Waals surface area contributed by atoms with Crippen LogP contribution in [0.5, 0.6) is 11.5 Å². The number of ether oxygens (including phenoxy) is 2. The normalized spacial score (nSPS) is 12.7. The van der Waals surface area contributed by atoms with E-state index in [9.17, 15) is 4.79 Å². The summed E-state index contributed by atoms with van der Waals surface area (Å²) in [5.74, 6) is 0.381. The highest BCUT2D eigenvalue weighted by Gasteiger charge is 2.18. The number of carbonyl (C=O) groups is 1. The summed E-state index contributed by atoms with van der Waals surface area (Å²) in [6.07, 6.45) is 0. The third-order valence-corrected chi connectivity index (χ3v) is 3.81. The molecule has 3 rings (SSSR count). The van der Waals surface area contributed by atoms with Crippen molar-refractivity contribution in [2.45, 2.75) is 6.92 Å². The van der Waals surface area contributed by atoms with Gasteiger partial charge in [-0.25, -0.2) is 9.78 Å². The molecule has 1 N–H and O–H groups in total. The second kappa shape index (κ2) is 3.99. The van der Waals surface area contributed by atoms with Gasteiger partial charge in [-0.1, -0.05) is 0 Å². The Morgan fingerprint density at radius 2 is 2.17 bits per heavy atom. The standard InChI is InChI=1S/C12H9NO4S/c1-6-10(18-11(13-6)12(14)15)7-2-3-8-9(4-7)17-5-16-8/h2-4H,5H2,1H3,(H,14,15). The number of hydrogen-bond donors (Lipinski definition) is 1. The molecule has 1 aromatic heterocycles. The molecule has 0 fully saturated rings. The minimum atomic E-state index is -1.00. The summed E-state index contributed by atoms with van der Waals surface area (Å²) in [5.41, 5.74) is 1.60.